The van der Waals surface area contributed by atoms with Crippen LogP contribution >= 0.6 is 0 Å². The van der Waals surface area contributed by atoms with Crippen LogP contribution in [0.25, 0.3) is 0 Å². The fourth-order valence-electron chi connectivity index (χ4n) is 11.6. The Balaban J connectivity index is 0.926. The van der Waals surface area contributed by atoms with E-state index >= 15 is 0 Å². The molecule has 7 N–H and O–H groups in total. The third-order valence-corrected chi connectivity index (χ3v) is 19.1. The third-order valence-electron chi connectivity index (χ3n) is 16.5. The lowest BCUT2D eigenvalue weighted by atomic mass is 9.85. The largest absolute Gasteiger partial charge is 0.348 e. The Kier molecular flexibility index (Phi) is 18.8. The number of hydrogen-bond donors (Lipinski definition) is 7. The lowest BCUT2D eigenvalue weighted by Gasteiger charge is -2.36. The number of rotatable bonds is 16. The van der Waals surface area contributed by atoms with Gasteiger partial charge in [-0.05, 0) is 149 Å². The van der Waals surface area contributed by atoms with Gasteiger partial charge in [0.25, 0.3) is 5.91 Å². The van der Waals surface area contributed by atoms with Crippen LogP contribution in [0, 0.1) is 17.3 Å². The van der Waals surface area contributed by atoms with Crippen LogP contribution in [0.1, 0.15) is 128 Å². The van der Waals surface area contributed by atoms with Gasteiger partial charge in [0.1, 0.15) is 24.2 Å². The number of likely N-dealkylation sites (tertiary alicyclic amines) is 1. The SMILES string of the molecule is CNC(C)C(=O)NC(Cc1ccc(C#Cc2ccc(C(=O)N[C@H]3C[C@@H](C(=O)N[C@@H]4CCCc5ccccc54)N(C(=O)C(NC(=O)C(C)NC)C(C)(C)C)C3)cc2)cc1)C(=O)N1C[Si](C)(C)CC1C(=O)N[C@@H]1CCCc2ccccc21. The third kappa shape index (κ3) is 14.2. The molecule has 7 amide bonds. The summed E-state index contributed by atoms with van der Waals surface area (Å²) < 4.78 is 0. The molecule has 2 heterocycles. The lowest BCUT2D eigenvalue weighted by molar-refractivity contribution is -0.144. The number of carbonyl (C=O) groups excluding carboxylic acids is 7. The van der Waals surface area contributed by atoms with Gasteiger partial charge in [0, 0.05) is 41.9 Å². The minimum Gasteiger partial charge on any atom is -0.348 e. The predicted octanol–water partition coefficient (Wildman–Crippen LogP) is 5.41. The number of aryl methyl sites for hydroxylation is 2. The highest BCUT2D eigenvalue weighted by Gasteiger charge is 2.48. The first kappa shape index (κ1) is 59.0. The van der Waals surface area contributed by atoms with Crippen molar-refractivity contribution in [3.05, 3.63) is 142 Å². The number of nitrogens with zero attached hydrogens (tertiary/aromatic N) is 2. The summed E-state index contributed by atoms with van der Waals surface area (Å²) in [5, 5.41) is 21.5. The maximum Gasteiger partial charge on any atom is 0.251 e. The normalized spacial score (nSPS) is 21.7. The van der Waals surface area contributed by atoms with E-state index in [1.807, 2.05) is 75.4 Å². The Labute approximate surface area is 473 Å². The minimum atomic E-state index is -1.99. The molecule has 4 aromatic rings. The van der Waals surface area contributed by atoms with Crippen molar-refractivity contribution in [3.8, 4) is 11.8 Å². The molecule has 0 aromatic heterocycles. The van der Waals surface area contributed by atoms with E-state index in [0.29, 0.717) is 23.3 Å². The van der Waals surface area contributed by atoms with Crippen molar-refractivity contribution in [1.29, 1.82) is 0 Å². The van der Waals surface area contributed by atoms with Crippen molar-refractivity contribution in [2.45, 2.75) is 159 Å². The van der Waals surface area contributed by atoms with Crippen LogP contribution in [0.15, 0.2) is 97.1 Å². The number of nitrogens with one attached hydrogen (secondary N) is 7. The average Bonchev–Trinajstić information content (AvgIpc) is 4.10. The molecule has 2 fully saturated rings. The second-order valence-corrected chi connectivity index (χ2v) is 29.2. The molecule has 424 valence electrons. The maximum absolute atomic E-state index is 14.7. The van der Waals surface area contributed by atoms with Gasteiger partial charge in [-0.25, -0.2) is 0 Å². The van der Waals surface area contributed by atoms with Gasteiger partial charge in [0.15, 0.2) is 0 Å². The first-order chi connectivity index (χ1) is 38.1. The Hall–Kier alpha value is -7.13. The van der Waals surface area contributed by atoms with Gasteiger partial charge in [-0.2, -0.15) is 0 Å². The molecule has 0 bridgehead atoms. The smallest absolute Gasteiger partial charge is 0.251 e. The molecular formula is C63H81N9O7Si. The van der Waals surface area contributed by atoms with E-state index in [2.05, 4.69) is 80.4 Å². The van der Waals surface area contributed by atoms with Crippen molar-refractivity contribution in [2.75, 3.05) is 26.8 Å². The second kappa shape index (κ2) is 25.5. The van der Waals surface area contributed by atoms with Crippen LogP contribution in [-0.2, 0) is 48.0 Å². The van der Waals surface area contributed by atoms with Gasteiger partial charge in [0.05, 0.1) is 32.2 Å². The highest BCUT2D eigenvalue weighted by molar-refractivity contribution is 6.79. The molecule has 9 atom stereocenters. The molecule has 16 nitrogen and oxygen atoms in total. The van der Waals surface area contributed by atoms with Crippen LogP contribution < -0.4 is 37.2 Å². The number of hydrogen-bond acceptors (Lipinski definition) is 9. The zero-order chi connectivity index (χ0) is 57.5. The quantitative estimate of drug-likeness (QED) is 0.0565. The minimum absolute atomic E-state index is 0.0747. The molecule has 5 unspecified atom stereocenters. The first-order valence-corrected chi connectivity index (χ1v) is 31.9. The average molecular weight is 1100 g/mol. The number of amides is 7. The number of carbonyl (C=O) groups is 7. The molecule has 8 rings (SSSR count). The maximum atomic E-state index is 14.7. The van der Waals surface area contributed by atoms with Crippen LogP contribution in [0.4, 0.5) is 0 Å². The number of fused-ring (bicyclic) bond motifs is 2. The highest BCUT2D eigenvalue weighted by atomic mass is 28.3. The first-order valence-electron chi connectivity index (χ1n) is 28.5. The van der Waals surface area contributed by atoms with Crippen molar-refractivity contribution in [1.82, 2.24) is 47.0 Å². The number of likely N-dealkylation sites (N-methyl/N-ethyl adjacent to an activating group) is 2. The lowest BCUT2D eigenvalue weighted by Crippen LogP contribution is -2.59. The van der Waals surface area contributed by atoms with Gasteiger partial charge >= 0.3 is 0 Å². The summed E-state index contributed by atoms with van der Waals surface area (Å²) in [7, 11) is 1.37. The topological polar surface area (TPSA) is 210 Å². The van der Waals surface area contributed by atoms with Gasteiger partial charge in [-0.1, -0.05) is 106 Å². The van der Waals surface area contributed by atoms with E-state index in [1.165, 1.54) is 16.0 Å². The Morgan fingerprint density at radius 3 is 1.69 bits per heavy atom. The van der Waals surface area contributed by atoms with Gasteiger partial charge in [0.2, 0.25) is 35.4 Å². The summed E-state index contributed by atoms with van der Waals surface area (Å²) in [6.45, 7) is 13.5. The fraction of sp³-hybridized carbons (Fsp3) is 0.476. The van der Waals surface area contributed by atoms with Crippen LogP contribution in [0.3, 0.4) is 0 Å². The Morgan fingerprint density at radius 1 is 0.637 bits per heavy atom. The molecule has 0 saturated carbocycles. The van der Waals surface area contributed by atoms with E-state index in [-0.39, 0.29) is 66.9 Å². The monoisotopic (exact) mass is 1100 g/mol. The van der Waals surface area contributed by atoms with Crippen LogP contribution in [0.5, 0.6) is 0 Å². The van der Waals surface area contributed by atoms with E-state index < -0.39 is 61.7 Å². The molecule has 17 heteroatoms. The van der Waals surface area contributed by atoms with Crippen LogP contribution in [-0.4, -0.2) is 128 Å². The summed E-state index contributed by atoms with van der Waals surface area (Å²) in [6.07, 6.45) is 6.31. The predicted molar refractivity (Wildman–Crippen MR) is 313 cm³/mol. The Bertz CT molecular complexity index is 3000. The van der Waals surface area contributed by atoms with E-state index in [4.69, 9.17) is 0 Å². The van der Waals surface area contributed by atoms with E-state index in [9.17, 15) is 33.6 Å². The molecule has 2 aliphatic carbocycles. The van der Waals surface area contributed by atoms with Crippen molar-refractivity contribution in [3.63, 3.8) is 0 Å². The van der Waals surface area contributed by atoms with Crippen molar-refractivity contribution < 1.29 is 33.6 Å². The second-order valence-electron chi connectivity index (χ2n) is 24.2. The Morgan fingerprint density at radius 2 is 1.15 bits per heavy atom. The fourth-order valence-corrected chi connectivity index (χ4v) is 14.5. The standard InChI is InChI=1S/C63H81N9O7Si/c1-39(64-6)56(73)69-52(61(78)72-38-80(8,9)37-54(72)60(77)68-51-23-15-19-45-17-11-13-21-49(45)51)34-43-28-26-41(27-29-43)24-25-42-30-32-46(33-31-42)58(75)66-47-35-53(59(76)67-50-22-14-18-44-16-10-12-20-48(44)50)71(36-47)62(79)55(63(3,4)5)70-57(74)40(2)65-7/h10-13,16-17,20-21,26-33,39-40,47,50-55,64-65H,14-15,18-19,22-23,34-38H2,1-9H3,(H,66,75)(H,67,76)(H,68,77)(H,69,73)(H,70,74)/t39?,40?,47-,50+,51+,52?,53-,54?,55?/m0/s1. The van der Waals surface area contributed by atoms with Crippen molar-refractivity contribution >= 4 is 49.4 Å². The molecule has 2 saturated heterocycles. The summed E-state index contributed by atoms with van der Waals surface area (Å²) >= 11 is 0. The molecule has 4 aliphatic rings. The molecule has 4 aromatic carbocycles. The summed E-state index contributed by atoms with van der Waals surface area (Å²) in [5.74, 6) is 4.24. The summed E-state index contributed by atoms with van der Waals surface area (Å²) in [6, 6.07) is 26.0. The van der Waals surface area contributed by atoms with Gasteiger partial charge in [-0.3, -0.25) is 33.6 Å². The van der Waals surface area contributed by atoms with Crippen LogP contribution in [0.2, 0.25) is 19.1 Å². The molecular weight excluding hydrogens is 1020 g/mol. The zero-order valence-corrected chi connectivity index (χ0v) is 49.0. The zero-order valence-electron chi connectivity index (χ0n) is 48.0. The van der Waals surface area contributed by atoms with Gasteiger partial charge in [-0.15, -0.1) is 0 Å². The van der Waals surface area contributed by atoms with E-state index in [1.54, 1.807) is 57.1 Å². The molecule has 0 spiro atoms. The molecule has 2 aliphatic heterocycles. The molecule has 0 radical (unpaired) electrons. The number of benzene rings is 4. The van der Waals surface area contributed by atoms with Gasteiger partial charge < -0.3 is 47.0 Å². The van der Waals surface area contributed by atoms with E-state index in [0.717, 1.165) is 60.8 Å². The summed E-state index contributed by atoms with van der Waals surface area (Å²) in [4.78, 5) is 101. The molecule has 80 heavy (non-hydrogen) atoms. The van der Waals surface area contributed by atoms with Crippen molar-refractivity contribution in [2.24, 2.45) is 5.41 Å². The summed E-state index contributed by atoms with van der Waals surface area (Å²) in [5.41, 5.74) is 6.53. The highest BCUT2D eigenvalue weighted by Crippen LogP contribution is 2.34.